The lowest BCUT2D eigenvalue weighted by Gasteiger charge is -2.12. The Bertz CT molecular complexity index is 644. The van der Waals surface area contributed by atoms with Gasteiger partial charge in [0.05, 0.1) is 13.3 Å². The Morgan fingerprint density at radius 1 is 1.42 bits per heavy atom. The van der Waals surface area contributed by atoms with Crippen LogP contribution in [0.25, 0.3) is 11.1 Å². The zero-order valence-electron chi connectivity index (χ0n) is 10.3. The maximum absolute atomic E-state index is 11.3. The number of hydrogen-bond acceptors (Lipinski definition) is 4. The summed E-state index contributed by atoms with van der Waals surface area (Å²) in [5, 5.41) is 9.24. The van der Waals surface area contributed by atoms with Crippen LogP contribution in [0.5, 0.6) is 5.75 Å². The topological polar surface area (TPSA) is 72.3 Å². The van der Waals surface area contributed by atoms with Gasteiger partial charge in [-0.3, -0.25) is 4.98 Å². The molecule has 0 saturated heterocycles. The number of carboxylic acid groups (broad SMARTS) is 1. The second kappa shape index (κ2) is 5.24. The molecule has 2 heterocycles. The first kappa shape index (κ1) is 13.3. The summed E-state index contributed by atoms with van der Waals surface area (Å²) in [4.78, 5) is 19.3. The molecule has 0 atom stereocenters. The standard InChI is InChI=1S/C13H11ClN2O3/c1-7-5-9(11(13(17)18)12(14)16-7)8-3-4-15-6-10(8)19-2/h3-6H,1-2H3,(H,17,18). The summed E-state index contributed by atoms with van der Waals surface area (Å²) in [5.74, 6) is -0.655. The van der Waals surface area contributed by atoms with Crippen molar-refractivity contribution in [2.45, 2.75) is 6.92 Å². The van der Waals surface area contributed by atoms with E-state index in [-0.39, 0.29) is 10.7 Å². The minimum atomic E-state index is -1.13. The molecule has 0 unspecified atom stereocenters. The minimum Gasteiger partial charge on any atom is -0.494 e. The van der Waals surface area contributed by atoms with Gasteiger partial charge in [0.15, 0.2) is 0 Å². The van der Waals surface area contributed by atoms with Crippen molar-refractivity contribution in [1.29, 1.82) is 0 Å². The molecule has 0 bridgehead atoms. The first-order valence-electron chi connectivity index (χ1n) is 5.43. The monoisotopic (exact) mass is 278 g/mol. The number of hydrogen-bond donors (Lipinski definition) is 1. The summed E-state index contributed by atoms with van der Waals surface area (Å²) >= 11 is 5.93. The highest BCUT2D eigenvalue weighted by Gasteiger charge is 2.20. The van der Waals surface area contributed by atoms with Crippen molar-refractivity contribution in [2.75, 3.05) is 7.11 Å². The second-order valence-corrected chi connectivity index (χ2v) is 4.22. The molecule has 0 aliphatic rings. The molecule has 0 amide bonds. The van der Waals surface area contributed by atoms with Crippen LogP contribution in [0.2, 0.25) is 5.15 Å². The number of methoxy groups -OCH3 is 1. The number of halogens is 1. The number of carboxylic acids is 1. The summed E-state index contributed by atoms with van der Waals surface area (Å²) in [7, 11) is 1.50. The molecular formula is C13H11ClN2O3. The number of rotatable bonds is 3. The van der Waals surface area contributed by atoms with Crippen LogP contribution in [0, 0.1) is 6.92 Å². The van der Waals surface area contributed by atoms with E-state index < -0.39 is 5.97 Å². The van der Waals surface area contributed by atoms with E-state index in [1.165, 1.54) is 13.3 Å². The highest BCUT2D eigenvalue weighted by molar-refractivity contribution is 6.33. The fourth-order valence-electron chi connectivity index (χ4n) is 1.82. The van der Waals surface area contributed by atoms with Gasteiger partial charge in [-0.25, -0.2) is 9.78 Å². The van der Waals surface area contributed by atoms with Gasteiger partial charge in [0.25, 0.3) is 0 Å². The van der Waals surface area contributed by atoms with Crippen LogP contribution in [0.15, 0.2) is 24.5 Å². The highest BCUT2D eigenvalue weighted by Crippen LogP contribution is 2.34. The molecule has 2 aromatic heterocycles. The summed E-state index contributed by atoms with van der Waals surface area (Å²) in [6, 6.07) is 3.34. The van der Waals surface area contributed by atoms with Crippen LogP contribution in [0.4, 0.5) is 0 Å². The largest absolute Gasteiger partial charge is 0.494 e. The van der Waals surface area contributed by atoms with Gasteiger partial charge >= 0.3 is 5.97 Å². The van der Waals surface area contributed by atoms with E-state index in [0.717, 1.165) is 0 Å². The first-order chi connectivity index (χ1) is 9.04. The maximum atomic E-state index is 11.3. The molecule has 0 aliphatic carbocycles. The minimum absolute atomic E-state index is 0.0404. The molecule has 0 aliphatic heterocycles. The fraction of sp³-hybridized carbons (Fsp3) is 0.154. The van der Waals surface area contributed by atoms with Crippen molar-refractivity contribution < 1.29 is 14.6 Å². The van der Waals surface area contributed by atoms with E-state index in [1.807, 2.05) is 0 Å². The Balaban J connectivity index is 2.77. The van der Waals surface area contributed by atoms with Crippen LogP contribution in [0.3, 0.4) is 0 Å². The Hall–Kier alpha value is -2.14. The smallest absolute Gasteiger partial charge is 0.339 e. The average Bonchev–Trinajstić information content (AvgIpc) is 2.37. The molecule has 6 heteroatoms. The summed E-state index contributed by atoms with van der Waals surface area (Å²) in [6.07, 6.45) is 3.08. The van der Waals surface area contributed by atoms with Gasteiger partial charge in [-0.05, 0) is 19.1 Å². The van der Waals surface area contributed by atoms with Crippen LogP contribution < -0.4 is 4.74 Å². The molecule has 0 aromatic carbocycles. The molecule has 0 saturated carbocycles. The number of carbonyl (C=O) groups is 1. The quantitative estimate of drug-likeness (QED) is 0.874. The normalized spacial score (nSPS) is 10.3. The Labute approximate surface area is 114 Å². The van der Waals surface area contributed by atoms with Crippen molar-refractivity contribution >= 4 is 17.6 Å². The van der Waals surface area contributed by atoms with Gasteiger partial charge in [-0.2, -0.15) is 0 Å². The SMILES string of the molecule is COc1cnccc1-c1cc(C)nc(Cl)c1C(=O)O. The lowest BCUT2D eigenvalue weighted by molar-refractivity contribution is 0.0697. The molecule has 19 heavy (non-hydrogen) atoms. The molecule has 5 nitrogen and oxygen atoms in total. The molecule has 0 fully saturated rings. The van der Waals surface area contributed by atoms with Crippen molar-refractivity contribution in [3.05, 3.63) is 40.9 Å². The summed E-state index contributed by atoms with van der Waals surface area (Å²) in [6.45, 7) is 1.74. The van der Waals surface area contributed by atoms with Crippen LogP contribution in [-0.2, 0) is 0 Å². The van der Waals surface area contributed by atoms with Crippen molar-refractivity contribution in [1.82, 2.24) is 9.97 Å². The second-order valence-electron chi connectivity index (χ2n) is 3.86. The molecule has 2 rings (SSSR count). The number of nitrogens with zero attached hydrogens (tertiary/aromatic N) is 2. The third kappa shape index (κ3) is 2.51. The summed E-state index contributed by atoms with van der Waals surface area (Å²) < 4.78 is 5.20. The number of pyridine rings is 2. The molecule has 2 aromatic rings. The van der Waals surface area contributed by atoms with Crippen molar-refractivity contribution in [3.63, 3.8) is 0 Å². The summed E-state index contributed by atoms with van der Waals surface area (Å²) in [5.41, 5.74) is 1.66. The van der Waals surface area contributed by atoms with Crippen molar-refractivity contribution in [2.24, 2.45) is 0 Å². The molecule has 0 radical (unpaired) electrons. The van der Waals surface area contributed by atoms with E-state index in [9.17, 15) is 9.90 Å². The van der Waals surface area contributed by atoms with Gasteiger partial charge in [0.1, 0.15) is 16.5 Å². The lowest BCUT2D eigenvalue weighted by Crippen LogP contribution is -2.04. The van der Waals surface area contributed by atoms with Crippen LogP contribution >= 0.6 is 11.6 Å². The number of aromatic carboxylic acids is 1. The average molecular weight is 279 g/mol. The zero-order chi connectivity index (χ0) is 14.0. The fourth-order valence-corrected chi connectivity index (χ4v) is 2.13. The first-order valence-corrected chi connectivity index (χ1v) is 5.81. The Morgan fingerprint density at radius 3 is 2.79 bits per heavy atom. The molecule has 98 valence electrons. The zero-order valence-corrected chi connectivity index (χ0v) is 11.1. The van der Waals surface area contributed by atoms with E-state index in [2.05, 4.69) is 9.97 Å². The molecule has 0 spiro atoms. The Kier molecular flexibility index (Phi) is 3.66. The van der Waals surface area contributed by atoms with E-state index in [1.54, 1.807) is 25.3 Å². The van der Waals surface area contributed by atoms with Gasteiger partial charge in [0.2, 0.25) is 0 Å². The van der Waals surface area contributed by atoms with Crippen LogP contribution in [0.1, 0.15) is 16.1 Å². The predicted octanol–water partition coefficient (Wildman–Crippen LogP) is 2.81. The molecular weight excluding hydrogens is 268 g/mol. The maximum Gasteiger partial charge on any atom is 0.339 e. The van der Waals surface area contributed by atoms with E-state index in [0.29, 0.717) is 22.6 Å². The van der Waals surface area contributed by atoms with Gasteiger partial charge < -0.3 is 9.84 Å². The van der Waals surface area contributed by atoms with E-state index in [4.69, 9.17) is 16.3 Å². The Morgan fingerprint density at radius 2 is 2.16 bits per heavy atom. The third-order valence-corrected chi connectivity index (χ3v) is 2.89. The predicted molar refractivity (Wildman–Crippen MR) is 70.7 cm³/mol. The highest BCUT2D eigenvalue weighted by atomic mass is 35.5. The van der Waals surface area contributed by atoms with Gasteiger partial charge in [0, 0.05) is 23.0 Å². The molecule has 1 N–H and O–H groups in total. The van der Waals surface area contributed by atoms with Crippen molar-refractivity contribution in [3.8, 4) is 16.9 Å². The number of ether oxygens (including phenoxy) is 1. The number of aromatic nitrogens is 2. The van der Waals surface area contributed by atoms with E-state index >= 15 is 0 Å². The third-order valence-electron chi connectivity index (χ3n) is 2.61. The lowest BCUT2D eigenvalue weighted by atomic mass is 10.0. The van der Waals surface area contributed by atoms with Crippen LogP contribution in [-0.4, -0.2) is 28.2 Å². The van der Waals surface area contributed by atoms with Gasteiger partial charge in [-0.1, -0.05) is 11.6 Å². The number of aryl methyl sites for hydroxylation is 1. The van der Waals surface area contributed by atoms with Gasteiger partial charge in [-0.15, -0.1) is 0 Å².